The van der Waals surface area contributed by atoms with Crippen LogP contribution in [0.15, 0.2) is 77.7 Å². The molecule has 0 unspecified atom stereocenters. The number of benzene rings is 3. The van der Waals surface area contributed by atoms with E-state index in [4.69, 9.17) is 0 Å². The van der Waals surface area contributed by atoms with Gasteiger partial charge in [-0.05, 0) is 85.5 Å². The molecule has 0 spiro atoms. The molecule has 1 atom stereocenters. The van der Waals surface area contributed by atoms with Crippen molar-refractivity contribution in [2.75, 3.05) is 31.1 Å². The van der Waals surface area contributed by atoms with E-state index in [2.05, 4.69) is 27.1 Å². The Balaban J connectivity index is 1.11. The van der Waals surface area contributed by atoms with Crippen molar-refractivity contribution >= 4 is 25.8 Å². The van der Waals surface area contributed by atoms with Gasteiger partial charge in [-0.15, -0.1) is 0 Å². The summed E-state index contributed by atoms with van der Waals surface area (Å²) in [7, 11) is -6.62. The maximum Gasteiger partial charge on any atom is 0.240 e. The molecule has 1 amide bonds. The number of halogens is 1. The first-order valence-electron chi connectivity index (χ1n) is 15.2. The van der Waals surface area contributed by atoms with Crippen molar-refractivity contribution in [3.05, 3.63) is 89.7 Å². The van der Waals surface area contributed by atoms with Gasteiger partial charge in [0.05, 0.1) is 22.4 Å². The molecule has 3 aromatic carbocycles. The molecule has 2 N–H and O–H groups in total. The van der Waals surface area contributed by atoms with Crippen LogP contribution in [0.4, 0.5) is 4.39 Å². The summed E-state index contributed by atoms with van der Waals surface area (Å²) < 4.78 is 65.7. The molecule has 11 heteroatoms. The number of hydrogen-bond donors (Lipinski definition) is 2. The molecule has 0 radical (unpaired) electrons. The van der Waals surface area contributed by atoms with E-state index in [1.54, 1.807) is 24.3 Å². The normalized spacial score (nSPS) is 21.4. The van der Waals surface area contributed by atoms with Gasteiger partial charge in [0.1, 0.15) is 5.82 Å². The van der Waals surface area contributed by atoms with Gasteiger partial charge in [-0.1, -0.05) is 48.5 Å². The van der Waals surface area contributed by atoms with Gasteiger partial charge >= 0.3 is 0 Å². The van der Waals surface area contributed by atoms with Crippen LogP contribution in [0.2, 0.25) is 0 Å². The molecule has 3 aromatic rings. The minimum Gasteiger partial charge on any atom is -0.349 e. The zero-order chi connectivity index (χ0) is 31.3. The number of sulfonamides is 1. The van der Waals surface area contributed by atoms with Crippen LogP contribution in [0.25, 0.3) is 11.1 Å². The summed E-state index contributed by atoms with van der Waals surface area (Å²) in [5, 5.41) is 3.00. The van der Waals surface area contributed by atoms with Gasteiger partial charge in [-0.3, -0.25) is 4.79 Å². The van der Waals surface area contributed by atoms with Crippen LogP contribution in [-0.4, -0.2) is 64.8 Å². The van der Waals surface area contributed by atoms with Crippen LogP contribution in [0.3, 0.4) is 0 Å². The third-order valence-corrected chi connectivity index (χ3v) is 11.9. The zero-order valence-electron chi connectivity index (χ0n) is 24.9. The highest BCUT2D eigenvalue weighted by Gasteiger charge is 2.30. The second-order valence-corrected chi connectivity index (χ2v) is 15.9. The van der Waals surface area contributed by atoms with Crippen LogP contribution in [0.5, 0.6) is 0 Å². The first kappa shape index (κ1) is 32.3. The van der Waals surface area contributed by atoms with Gasteiger partial charge in [0, 0.05) is 31.6 Å². The molecule has 1 heterocycles. The Bertz CT molecular complexity index is 1640. The van der Waals surface area contributed by atoms with E-state index in [9.17, 15) is 26.0 Å². The Morgan fingerprint density at radius 3 is 2.25 bits per heavy atom. The molecule has 1 saturated carbocycles. The molecule has 1 aliphatic carbocycles. The minimum atomic E-state index is -3.72. The second-order valence-electron chi connectivity index (χ2n) is 11.9. The van der Waals surface area contributed by atoms with E-state index in [1.807, 2.05) is 31.2 Å². The molecular formula is C33H40FN3O5S2. The number of carbonyl (C=O) groups excluding carboxylic acids is 1. The van der Waals surface area contributed by atoms with E-state index >= 15 is 0 Å². The number of amides is 1. The van der Waals surface area contributed by atoms with Crippen LogP contribution < -0.4 is 10.0 Å². The second kappa shape index (κ2) is 13.9. The first-order valence-corrected chi connectivity index (χ1v) is 18.5. The lowest BCUT2D eigenvalue weighted by atomic mass is 9.85. The van der Waals surface area contributed by atoms with Crippen LogP contribution in [-0.2, 0) is 31.1 Å². The summed E-state index contributed by atoms with van der Waals surface area (Å²) in [6.45, 7) is 3.80. The molecule has 1 saturated heterocycles. The van der Waals surface area contributed by atoms with Crippen molar-refractivity contribution in [1.29, 1.82) is 0 Å². The molecular weight excluding hydrogens is 602 g/mol. The Labute approximate surface area is 260 Å². The van der Waals surface area contributed by atoms with Crippen LogP contribution in [0.1, 0.15) is 49.8 Å². The number of hydrogen-bond acceptors (Lipinski definition) is 6. The fraction of sp³-hybridized carbons (Fsp3) is 0.424. The summed E-state index contributed by atoms with van der Waals surface area (Å²) >= 11 is 0. The Hall–Kier alpha value is -3.12. The molecule has 5 rings (SSSR count). The topological polar surface area (TPSA) is 113 Å². The monoisotopic (exact) mass is 641 g/mol. The first-order chi connectivity index (χ1) is 21.0. The Morgan fingerprint density at radius 1 is 0.932 bits per heavy atom. The molecule has 2 fully saturated rings. The Morgan fingerprint density at radius 2 is 1.59 bits per heavy atom. The van der Waals surface area contributed by atoms with E-state index in [1.165, 1.54) is 12.1 Å². The molecule has 0 bridgehead atoms. The highest BCUT2D eigenvalue weighted by molar-refractivity contribution is 7.91. The number of nitrogens with one attached hydrogen (secondary N) is 2. The fourth-order valence-corrected chi connectivity index (χ4v) is 8.50. The molecule has 236 valence electrons. The summed E-state index contributed by atoms with van der Waals surface area (Å²) in [4.78, 5) is 15.2. The maximum atomic E-state index is 13.2. The van der Waals surface area contributed by atoms with Crippen LogP contribution >= 0.6 is 0 Å². The number of nitrogens with zero attached hydrogens (tertiary/aromatic N) is 1. The van der Waals surface area contributed by atoms with Crippen molar-refractivity contribution in [1.82, 2.24) is 14.9 Å². The smallest absolute Gasteiger partial charge is 0.240 e. The van der Waals surface area contributed by atoms with Crippen molar-refractivity contribution < 1.29 is 26.0 Å². The van der Waals surface area contributed by atoms with Gasteiger partial charge in [0.25, 0.3) is 0 Å². The highest BCUT2D eigenvalue weighted by atomic mass is 32.2. The van der Waals surface area contributed by atoms with Gasteiger partial charge in [-0.25, -0.2) is 25.9 Å². The predicted molar refractivity (Wildman–Crippen MR) is 170 cm³/mol. The third-order valence-electron chi connectivity index (χ3n) is 8.73. The number of sulfone groups is 1. The van der Waals surface area contributed by atoms with E-state index in [-0.39, 0.29) is 46.1 Å². The summed E-state index contributed by atoms with van der Waals surface area (Å²) in [5.74, 6) is -0.142. The van der Waals surface area contributed by atoms with Crippen molar-refractivity contribution in [3.63, 3.8) is 0 Å². The Kier molecular flexibility index (Phi) is 10.2. The van der Waals surface area contributed by atoms with E-state index < -0.39 is 19.9 Å². The third kappa shape index (κ3) is 8.53. The summed E-state index contributed by atoms with van der Waals surface area (Å²) in [6.07, 6.45) is 3.12. The lowest BCUT2D eigenvalue weighted by molar-refractivity contribution is -0.126. The van der Waals surface area contributed by atoms with Gasteiger partial charge in [0.15, 0.2) is 9.84 Å². The van der Waals surface area contributed by atoms with E-state index in [0.717, 1.165) is 35.2 Å². The molecule has 0 aromatic heterocycles. The maximum absolute atomic E-state index is 13.2. The van der Waals surface area contributed by atoms with E-state index in [0.29, 0.717) is 38.8 Å². The standard InChI is InChI=1S/C33H40FN3O5S2/c1-24(26-5-11-30(34)12-6-26)35-33(38)28-7-13-31(14-8-28)36-44(41,42)32-15-9-27(10-16-32)29-4-2-3-25(23-29)17-18-37-19-21-43(39,40)22-20-37/h2-6,9-12,15-16,23-24,28,31,36H,7-8,13-14,17-22H2,1H3,(H,35,38)/t24-,28?,31?/m1/s1. The highest BCUT2D eigenvalue weighted by Crippen LogP contribution is 2.28. The molecule has 1 aliphatic heterocycles. The lowest BCUT2D eigenvalue weighted by Gasteiger charge is -2.29. The van der Waals surface area contributed by atoms with Gasteiger partial charge in [0.2, 0.25) is 15.9 Å². The molecule has 8 nitrogen and oxygen atoms in total. The summed E-state index contributed by atoms with van der Waals surface area (Å²) in [5.41, 5.74) is 3.87. The largest absolute Gasteiger partial charge is 0.349 e. The van der Waals surface area contributed by atoms with Crippen molar-refractivity contribution in [2.24, 2.45) is 5.92 Å². The SMILES string of the molecule is C[C@@H](NC(=O)C1CCC(NS(=O)(=O)c2ccc(-c3cccc(CCN4CCS(=O)(=O)CC4)c3)cc2)CC1)c1ccc(F)cc1. The van der Waals surface area contributed by atoms with Gasteiger partial charge < -0.3 is 10.2 Å². The predicted octanol–water partition coefficient (Wildman–Crippen LogP) is 4.48. The average Bonchev–Trinajstić information content (AvgIpc) is 3.01. The van der Waals surface area contributed by atoms with Gasteiger partial charge in [-0.2, -0.15) is 0 Å². The quantitative estimate of drug-likeness (QED) is 0.338. The fourth-order valence-electron chi connectivity index (χ4n) is 5.92. The van der Waals surface area contributed by atoms with Crippen molar-refractivity contribution in [3.8, 4) is 11.1 Å². The average molecular weight is 642 g/mol. The summed E-state index contributed by atoms with van der Waals surface area (Å²) in [6, 6.07) is 20.6. The minimum absolute atomic E-state index is 0.0651. The van der Waals surface area contributed by atoms with Crippen molar-refractivity contribution in [2.45, 2.75) is 56.0 Å². The van der Waals surface area contributed by atoms with Crippen LogP contribution in [0, 0.1) is 11.7 Å². The molecule has 44 heavy (non-hydrogen) atoms. The number of rotatable bonds is 10. The molecule has 2 aliphatic rings. The lowest BCUT2D eigenvalue weighted by Crippen LogP contribution is -2.41. The number of carbonyl (C=O) groups is 1. The zero-order valence-corrected chi connectivity index (χ0v) is 26.5.